The summed E-state index contributed by atoms with van der Waals surface area (Å²) >= 11 is 6.37. The molecule has 2 bridgehead atoms. The Hall–Kier alpha value is -2.31. The first-order chi connectivity index (χ1) is 17.8. The Bertz CT molecular complexity index is 1220. The predicted molar refractivity (Wildman–Crippen MR) is 154 cm³/mol. The highest BCUT2D eigenvalue weighted by molar-refractivity contribution is 7.75. The fourth-order valence-corrected chi connectivity index (χ4v) is 6.27. The molecule has 37 heavy (non-hydrogen) atoms. The van der Waals surface area contributed by atoms with Gasteiger partial charge in [0, 0.05) is 40.0 Å². The Morgan fingerprint density at radius 2 is 1.81 bits per heavy atom. The molecule has 0 N–H and O–H groups in total. The number of anilines is 1. The zero-order valence-corrected chi connectivity index (χ0v) is 23.8. The third-order valence-corrected chi connectivity index (χ3v) is 9.11. The van der Waals surface area contributed by atoms with Crippen LogP contribution in [0.1, 0.15) is 67.9 Å². The molecule has 0 radical (unpaired) electrons. The quantitative estimate of drug-likeness (QED) is 0.284. The minimum atomic E-state index is -1.96. The zero-order chi connectivity index (χ0) is 26.4. The summed E-state index contributed by atoms with van der Waals surface area (Å²) in [5.74, 6) is 1.85. The first-order valence-electron chi connectivity index (χ1n) is 13.4. The van der Waals surface area contributed by atoms with Gasteiger partial charge in [0.05, 0.1) is 12.3 Å². The van der Waals surface area contributed by atoms with Crippen LogP contribution in [0.3, 0.4) is 0 Å². The van der Waals surface area contributed by atoms with Crippen LogP contribution in [0.5, 0.6) is 5.75 Å². The molecule has 5 nitrogen and oxygen atoms in total. The molecule has 2 aliphatic rings. The number of allylic oxidation sites excluding steroid dienone is 2. The highest BCUT2D eigenvalue weighted by Gasteiger charge is 2.23. The average molecular weight is 543 g/mol. The third-order valence-electron chi connectivity index (χ3n) is 7.54. The van der Waals surface area contributed by atoms with Crippen LogP contribution in [-0.2, 0) is 23.6 Å². The van der Waals surface area contributed by atoms with E-state index in [-0.39, 0.29) is 5.92 Å². The van der Waals surface area contributed by atoms with Gasteiger partial charge in [-0.15, -0.1) is 0 Å². The molecule has 7 heteroatoms. The van der Waals surface area contributed by atoms with E-state index in [1.807, 2.05) is 18.2 Å². The molecular weight excluding hydrogens is 504 g/mol. The van der Waals surface area contributed by atoms with Crippen LogP contribution in [0, 0.1) is 17.8 Å². The lowest BCUT2D eigenvalue weighted by Gasteiger charge is -2.32. The van der Waals surface area contributed by atoms with E-state index in [4.69, 9.17) is 16.3 Å². The number of hydrogen-bond donors (Lipinski definition) is 1. The van der Waals surface area contributed by atoms with E-state index in [1.165, 1.54) is 11.1 Å². The number of thiol groups is 1. The van der Waals surface area contributed by atoms with Crippen LogP contribution in [0.2, 0.25) is 5.02 Å². The van der Waals surface area contributed by atoms with Gasteiger partial charge in [-0.3, -0.25) is 9.00 Å². The molecule has 4 rings (SSSR count). The standard InChI is InChI=1S/C30H39ClN2O3S/c1-21-8-4-5-9-22(2)23(3)18-33-19-26-11-13-27(31)16-24(26)10-6-7-15-36-29-14-12-25(17-28(29)33)30(34)32-37(35)20-21/h4-5,11-14,16-17,21-23,37H,6-10,15,18-20H2,1-3H3/b5-4+/t21-,22-,23-/m0/s1. The smallest absolute Gasteiger partial charge is 0.284 e. The number of aryl methyl sites for hydroxylation is 1. The number of nitrogens with zero attached hydrogens (tertiary/aromatic N) is 2. The molecule has 0 aliphatic carbocycles. The second-order valence-electron chi connectivity index (χ2n) is 10.7. The minimum Gasteiger partial charge on any atom is -0.491 e. The normalized spacial score (nSPS) is 27.1. The fourth-order valence-electron chi connectivity index (χ4n) is 4.99. The summed E-state index contributed by atoms with van der Waals surface area (Å²) in [6, 6.07) is 11.7. The largest absolute Gasteiger partial charge is 0.491 e. The molecule has 1 amide bonds. The summed E-state index contributed by atoms with van der Waals surface area (Å²) in [4.78, 5) is 15.4. The Labute approximate surface area is 228 Å². The maximum atomic E-state index is 13.1. The van der Waals surface area contributed by atoms with Crippen molar-refractivity contribution in [2.45, 2.75) is 59.4 Å². The summed E-state index contributed by atoms with van der Waals surface area (Å²) in [6.07, 6.45) is 9.17. The number of benzene rings is 2. The molecule has 2 aromatic rings. The number of amides is 1. The second-order valence-corrected chi connectivity index (χ2v) is 12.4. The van der Waals surface area contributed by atoms with E-state index in [0.717, 1.165) is 55.1 Å². The van der Waals surface area contributed by atoms with E-state index in [0.29, 0.717) is 36.3 Å². The highest BCUT2D eigenvalue weighted by Crippen LogP contribution is 2.35. The summed E-state index contributed by atoms with van der Waals surface area (Å²) in [5.41, 5.74) is 3.83. The Kier molecular flexibility index (Phi) is 9.71. The number of rotatable bonds is 0. The van der Waals surface area contributed by atoms with Crippen molar-refractivity contribution < 1.29 is 13.7 Å². The Morgan fingerprint density at radius 1 is 1.00 bits per heavy atom. The molecule has 4 atom stereocenters. The molecular formula is C30H39ClN2O3S. The van der Waals surface area contributed by atoms with Crippen LogP contribution in [0.15, 0.2) is 52.9 Å². The van der Waals surface area contributed by atoms with E-state index in [1.54, 1.807) is 6.07 Å². The number of fused-ring (bicyclic) bond motifs is 2. The Balaban J connectivity index is 1.81. The summed E-state index contributed by atoms with van der Waals surface area (Å²) in [7, 11) is -1.96. The van der Waals surface area contributed by atoms with Gasteiger partial charge in [-0.1, -0.05) is 50.6 Å². The van der Waals surface area contributed by atoms with Crippen molar-refractivity contribution in [3.8, 4) is 5.75 Å². The Morgan fingerprint density at radius 3 is 2.65 bits per heavy atom. The van der Waals surface area contributed by atoms with E-state index < -0.39 is 16.5 Å². The monoisotopic (exact) mass is 542 g/mol. The molecule has 1 unspecified atom stereocenters. The molecule has 2 aliphatic heterocycles. The lowest BCUT2D eigenvalue weighted by atomic mass is 9.91. The number of carbonyl (C=O) groups excluding carboxylic acids is 1. The van der Waals surface area contributed by atoms with Gasteiger partial charge in [0.1, 0.15) is 5.75 Å². The van der Waals surface area contributed by atoms with Gasteiger partial charge in [-0.2, -0.15) is 4.36 Å². The molecule has 200 valence electrons. The van der Waals surface area contributed by atoms with Gasteiger partial charge < -0.3 is 9.64 Å². The molecule has 0 spiro atoms. The zero-order valence-electron chi connectivity index (χ0n) is 22.2. The van der Waals surface area contributed by atoms with Gasteiger partial charge >= 0.3 is 0 Å². The highest BCUT2D eigenvalue weighted by atomic mass is 35.5. The first kappa shape index (κ1) is 27.7. The van der Waals surface area contributed by atoms with Crippen LogP contribution in [0.4, 0.5) is 5.69 Å². The topological polar surface area (TPSA) is 59.0 Å². The van der Waals surface area contributed by atoms with Crippen molar-refractivity contribution in [2.24, 2.45) is 22.1 Å². The van der Waals surface area contributed by atoms with Crippen LogP contribution < -0.4 is 9.64 Å². The lowest BCUT2D eigenvalue weighted by molar-refractivity contribution is 0.100. The van der Waals surface area contributed by atoms with Gasteiger partial charge in [0.25, 0.3) is 5.91 Å². The van der Waals surface area contributed by atoms with Crippen molar-refractivity contribution in [1.29, 1.82) is 0 Å². The number of hydrogen-bond acceptors (Lipinski definition) is 4. The summed E-state index contributed by atoms with van der Waals surface area (Å²) < 4.78 is 23.0. The van der Waals surface area contributed by atoms with Crippen molar-refractivity contribution in [3.05, 3.63) is 70.3 Å². The minimum absolute atomic E-state index is 0.210. The van der Waals surface area contributed by atoms with Crippen LogP contribution >= 0.6 is 11.6 Å². The van der Waals surface area contributed by atoms with Crippen molar-refractivity contribution >= 4 is 33.8 Å². The third kappa shape index (κ3) is 7.61. The molecule has 2 aromatic carbocycles. The average Bonchev–Trinajstić information content (AvgIpc) is 2.89. The van der Waals surface area contributed by atoms with Gasteiger partial charge in [-0.05, 0) is 91.3 Å². The number of ether oxygens (including phenoxy) is 1. The first-order valence-corrected chi connectivity index (χ1v) is 15.2. The van der Waals surface area contributed by atoms with E-state index >= 15 is 0 Å². The second kappa shape index (κ2) is 13.0. The van der Waals surface area contributed by atoms with Crippen LogP contribution in [0.25, 0.3) is 0 Å². The predicted octanol–water partition coefficient (Wildman–Crippen LogP) is 7.12. The molecule has 0 aromatic heterocycles. The molecule has 0 fully saturated rings. The maximum Gasteiger partial charge on any atom is 0.284 e. The van der Waals surface area contributed by atoms with Crippen molar-refractivity contribution in [3.63, 3.8) is 0 Å². The SMILES string of the molecule is C[C@H]1C/C=C/C[C@H](C)[C@@H](C)CN2Cc3ccc(Cl)cc3CCCCOc3ccc(cc32)C(=O)/N=[SH](=O)\C1. The number of halogens is 1. The lowest BCUT2D eigenvalue weighted by Crippen LogP contribution is -2.31. The van der Waals surface area contributed by atoms with E-state index in [9.17, 15) is 9.00 Å². The van der Waals surface area contributed by atoms with Gasteiger partial charge in [0.2, 0.25) is 0 Å². The van der Waals surface area contributed by atoms with Crippen molar-refractivity contribution in [1.82, 2.24) is 0 Å². The van der Waals surface area contributed by atoms with Gasteiger partial charge in [0.15, 0.2) is 0 Å². The maximum absolute atomic E-state index is 13.1. The van der Waals surface area contributed by atoms with Gasteiger partial charge in [-0.25, -0.2) is 0 Å². The molecule has 2 heterocycles. The van der Waals surface area contributed by atoms with Crippen LogP contribution in [-0.4, -0.2) is 29.0 Å². The number of carbonyl (C=O) groups is 1. The van der Waals surface area contributed by atoms with Crippen molar-refractivity contribution in [2.75, 3.05) is 23.8 Å². The molecule has 0 saturated carbocycles. The fraction of sp³-hybridized carbons (Fsp3) is 0.500. The van der Waals surface area contributed by atoms with E-state index in [2.05, 4.69) is 54.3 Å². The summed E-state index contributed by atoms with van der Waals surface area (Å²) in [6.45, 7) is 8.77. The molecule has 0 saturated heterocycles. The summed E-state index contributed by atoms with van der Waals surface area (Å²) in [5, 5.41) is 0.755.